The zero-order valence-corrected chi connectivity index (χ0v) is 13.8. The minimum atomic E-state index is -0.151. The van der Waals surface area contributed by atoms with Gasteiger partial charge in [0, 0.05) is 50.2 Å². The number of fused-ring (bicyclic) bond motifs is 1. The summed E-state index contributed by atoms with van der Waals surface area (Å²) in [6, 6.07) is 3.17. The molecule has 1 N–H and O–H groups in total. The molecule has 0 aliphatic carbocycles. The van der Waals surface area contributed by atoms with E-state index in [1.807, 2.05) is 15.7 Å². The summed E-state index contributed by atoms with van der Waals surface area (Å²) < 4.78 is 3.30. The Hall–Kier alpha value is -2.90. The number of carbonyl (C=O) groups excluding carboxylic acids is 1. The van der Waals surface area contributed by atoms with Crippen molar-refractivity contribution in [2.24, 2.45) is 0 Å². The van der Waals surface area contributed by atoms with E-state index in [-0.39, 0.29) is 17.5 Å². The first kappa shape index (κ1) is 15.6. The molecule has 0 radical (unpaired) electrons. The maximum Gasteiger partial charge on any atom is 0.272 e. The number of carbonyl (C=O) groups is 1. The number of hydrogen-bond acceptors (Lipinski definition) is 4. The number of piperidine rings is 1. The van der Waals surface area contributed by atoms with E-state index in [0.717, 1.165) is 19.3 Å². The van der Waals surface area contributed by atoms with E-state index >= 15 is 0 Å². The molecule has 0 saturated carbocycles. The molecule has 1 aliphatic rings. The molecule has 4 heterocycles. The van der Waals surface area contributed by atoms with Gasteiger partial charge in [-0.25, -0.2) is 14.5 Å². The Labute approximate surface area is 144 Å². The van der Waals surface area contributed by atoms with E-state index in [9.17, 15) is 9.59 Å². The maximum atomic E-state index is 12.8. The zero-order valence-electron chi connectivity index (χ0n) is 13.8. The van der Waals surface area contributed by atoms with Gasteiger partial charge >= 0.3 is 0 Å². The van der Waals surface area contributed by atoms with Crippen molar-refractivity contribution in [2.75, 3.05) is 6.54 Å². The van der Waals surface area contributed by atoms with Crippen LogP contribution in [0.3, 0.4) is 0 Å². The number of nitrogens with one attached hydrogen (secondary N) is 1. The van der Waals surface area contributed by atoms with Crippen molar-refractivity contribution < 1.29 is 4.79 Å². The van der Waals surface area contributed by atoms with Crippen molar-refractivity contribution in [2.45, 2.75) is 38.3 Å². The van der Waals surface area contributed by atoms with Gasteiger partial charge in [0.2, 0.25) is 5.91 Å². The molecule has 1 amide bonds. The molecular weight excluding hydrogens is 320 g/mol. The predicted octanol–water partition coefficient (Wildman–Crippen LogP) is 1.36. The number of imidazole rings is 1. The van der Waals surface area contributed by atoms with Crippen LogP contribution in [0.4, 0.5) is 0 Å². The lowest BCUT2D eigenvalue weighted by molar-refractivity contribution is -0.135. The van der Waals surface area contributed by atoms with E-state index in [4.69, 9.17) is 0 Å². The molecule has 0 unspecified atom stereocenters. The monoisotopic (exact) mass is 340 g/mol. The van der Waals surface area contributed by atoms with Crippen LogP contribution in [0.15, 0.2) is 41.8 Å². The van der Waals surface area contributed by atoms with E-state index in [0.29, 0.717) is 30.9 Å². The van der Waals surface area contributed by atoms with Crippen LogP contribution >= 0.6 is 0 Å². The molecule has 0 aromatic carbocycles. The van der Waals surface area contributed by atoms with Crippen LogP contribution in [-0.2, 0) is 11.3 Å². The van der Waals surface area contributed by atoms with Crippen molar-refractivity contribution in [1.82, 2.24) is 29.0 Å². The molecule has 1 aliphatic heterocycles. The second kappa shape index (κ2) is 6.54. The molecule has 4 rings (SSSR count). The van der Waals surface area contributed by atoms with Crippen LogP contribution in [0, 0.1) is 0 Å². The van der Waals surface area contributed by atoms with Crippen LogP contribution in [-0.4, -0.2) is 41.5 Å². The minimum absolute atomic E-state index is 0.0921. The largest absolute Gasteiger partial charge is 0.337 e. The highest BCUT2D eigenvalue weighted by Crippen LogP contribution is 2.30. The average Bonchev–Trinajstić information content (AvgIpc) is 3.31. The Bertz CT molecular complexity index is 926. The van der Waals surface area contributed by atoms with Gasteiger partial charge in [0.25, 0.3) is 5.56 Å². The first-order valence-electron chi connectivity index (χ1n) is 8.55. The third-order valence-electron chi connectivity index (χ3n) is 4.71. The Morgan fingerprint density at radius 1 is 1.36 bits per heavy atom. The Morgan fingerprint density at radius 2 is 2.28 bits per heavy atom. The molecule has 8 nitrogen and oxygen atoms in total. The van der Waals surface area contributed by atoms with Crippen molar-refractivity contribution in [3.63, 3.8) is 0 Å². The summed E-state index contributed by atoms with van der Waals surface area (Å²) in [4.78, 5) is 35.5. The SMILES string of the molecule is O=C(CCn1ccnc1)N1CCCC[C@@H]1c1cc(=O)n2[nH]ccc2n1. The van der Waals surface area contributed by atoms with Gasteiger partial charge in [0.05, 0.1) is 18.1 Å². The molecule has 0 bridgehead atoms. The van der Waals surface area contributed by atoms with Gasteiger partial charge < -0.3 is 9.47 Å². The molecule has 1 saturated heterocycles. The van der Waals surface area contributed by atoms with Crippen molar-refractivity contribution >= 4 is 11.6 Å². The van der Waals surface area contributed by atoms with Gasteiger partial charge in [-0.05, 0) is 19.3 Å². The second-order valence-corrected chi connectivity index (χ2v) is 6.32. The van der Waals surface area contributed by atoms with Gasteiger partial charge in [-0.1, -0.05) is 0 Å². The summed E-state index contributed by atoms with van der Waals surface area (Å²) in [5.41, 5.74) is 1.11. The third-order valence-corrected chi connectivity index (χ3v) is 4.71. The summed E-state index contributed by atoms with van der Waals surface area (Å²) in [6.45, 7) is 1.32. The van der Waals surface area contributed by atoms with E-state index < -0.39 is 0 Å². The number of likely N-dealkylation sites (tertiary alicyclic amines) is 1. The number of rotatable bonds is 4. The molecule has 1 fully saturated rings. The fraction of sp³-hybridized carbons (Fsp3) is 0.412. The number of amides is 1. The number of aryl methyl sites for hydroxylation is 1. The lowest BCUT2D eigenvalue weighted by Crippen LogP contribution is -2.39. The normalized spacial score (nSPS) is 17.9. The van der Waals surface area contributed by atoms with Gasteiger partial charge in [0.1, 0.15) is 0 Å². The summed E-state index contributed by atoms with van der Waals surface area (Å²) in [5, 5.41) is 2.84. The third kappa shape index (κ3) is 3.07. The number of nitrogens with zero attached hydrogens (tertiary/aromatic N) is 5. The molecular formula is C17H20N6O2. The van der Waals surface area contributed by atoms with E-state index in [1.165, 1.54) is 10.6 Å². The predicted molar refractivity (Wildman–Crippen MR) is 91.0 cm³/mol. The first-order valence-corrected chi connectivity index (χ1v) is 8.55. The molecule has 3 aromatic rings. The van der Waals surface area contributed by atoms with Crippen LogP contribution < -0.4 is 5.56 Å². The topological polar surface area (TPSA) is 88.3 Å². The first-order chi connectivity index (χ1) is 12.2. The number of hydrogen-bond donors (Lipinski definition) is 1. The summed E-state index contributed by atoms with van der Waals surface area (Å²) in [7, 11) is 0. The molecule has 25 heavy (non-hydrogen) atoms. The second-order valence-electron chi connectivity index (χ2n) is 6.32. The number of aromatic nitrogens is 5. The van der Waals surface area contributed by atoms with Gasteiger partial charge in [-0.3, -0.25) is 14.7 Å². The highest BCUT2D eigenvalue weighted by molar-refractivity contribution is 5.76. The van der Waals surface area contributed by atoms with Crippen molar-refractivity contribution in [3.8, 4) is 0 Å². The average molecular weight is 340 g/mol. The molecule has 130 valence electrons. The van der Waals surface area contributed by atoms with Crippen molar-refractivity contribution in [1.29, 1.82) is 0 Å². The summed E-state index contributed by atoms with van der Waals surface area (Å²) in [6.07, 6.45) is 10.2. The Kier molecular flexibility index (Phi) is 4.09. The van der Waals surface area contributed by atoms with Crippen LogP contribution in [0.1, 0.15) is 37.4 Å². The smallest absolute Gasteiger partial charge is 0.272 e. The highest BCUT2D eigenvalue weighted by Gasteiger charge is 2.29. The Balaban J connectivity index is 1.57. The molecule has 8 heteroatoms. The van der Waals surface area contributed by atoms with Gasteiger partial charge in [-0.15, -0.1) is 0 Å². The van der Waals surface area contributed by atoms with Crippen LogP contribution in [0.2, 0.25) is 0 Å². The summed E-state index contributed by atoms with van der Waals surface area (Å²) >= 11 is 0. The standard InChI is InChI=1S/C17H20N6O2/c24-16(5-9-21-10-7-18-12-21)22-8-2-1-3-14(22)13-11-17(25)23-15(20-13)4-6-19-23/h4,6-7,10-12,14,19H,1-3,5,8-9H2/t14-/m1/s1. The Morgan fingerprint density at radius 3 is 3.12 bits per heavy atom. The number of aromatic amines is 1. The maximum absolute atomic E-state index is 12.8. The molecule has 3 aromatic heterocycles. The van der Waals surface area contributed by atoms with E-state index in [2.05, 4.69) is 15.1 Å². The quantitative estimate of drug-likeness (QED) is 0.777. The highest BCUT2D eigenvalue weighted by atomic mass is 16.2. The van der Waals surface area contributed by atoms with Crippen molar-refractivity contribution in [3.05, 3.63) is 53.1 Å². The minimum Gasteiger partial charge on any atom is -0.337 e. The van der Waals surface area contributed by atoms with Gasteiger partial charge in [-0.2, -0.15) is 0 Å². The van der Waals surface area contributed by atoms with Gasteiger partial charge in [0.15, 0.2) is 5.65 Å². The zero-order chi connectivity index (χ0) is 17.2. The lowest BCUT2D eigenvalue weighted by atomic mass is 9.98. The van der Waals surface area contributed by atoms with Crippen LogP contribution in [0.25, 0.3) is 5.65 Å². The lowest BCUT2D eigenvalue weighted by Gasteiger charge is -2.35. The molecule has 1 atom stereocenters. The summed E-state index contributed by atoms with van der Waals surface area (Å²) in [5.74, 6) is 0.0921. The van der Waals surface area contributed by atoms with E-state index in [1.54, 1.807) is 24.8 Å². The fourth-order valence-electron chi connectivity index (χ4n) is 3.44. The number of H-pyrrole nitrogens is 1. The molecule has 0 spiro atoms. The van der Waals surface area contributed by atoms with Crippen LogP contribution in [0.5, 0.6) is 0 Å². The fourth-order valence-corrected chi connectivity index (χ4v) is 3.44.